The lowest BCUT2D eigenvalue weighted by atomic mass is 10.3. The van der Waals surface area contributed by atoms with E-state index in [4.69, 9.17) is 10.2 Å². The van der Waals surface area contributed by atoms with Crippen LogP contribution in [0.15, 0.2) is 58.2 Å². The van der Waals surface area contributed by atoms with E-state index in [1.807, 2.05) is 46.8 Å². The average Bonchev–Trinajstić information content (AvgIpc) is 2.93. The zero-order valence-electron chi connectivity index (χ0n) is 28.9. The van der Waals surface area contributed by atoms with Crippen molar-refractivity contribution in [1.82, 2.24) is 0 Å². The molecule has 0 aliphatic carbocycles. The summed E-state index contributed by atoms with van der Waals surface area (Å²) >= 11 is 3.27. The zero-order valence-corrected chi connectivity index (χ0v) is 30.4. The Morgan fingerprint density at radius 3 is 1.11 bits per heavy atom. The van der Waals surface area contributed by atoms with Gasteiger partial charge in [-0.15, -0.1) is 0 Å². The second kappa shape index (κ2) is 38.7. The van der Waals surface area contributed by atoms with Crippen LogP contribution in [0.5, 0.6) is 0 Å². The van der Waals surface area contributed by atoms with Crippen LogP contribution in [0.25, 0.3) is 0 Å². The van der Waals surface area contributed by atoms with Crippen molar-refractivity contribution in [2.24, 2.45) is 0 Å². The standard InChI is InChI=1S/C7H11BrO2.C7H12O3.C7H10O3.C7H12O2.C5H10O/c3*1-6(5-8)3-4-10-7(2)9;1-6(2)4-5-9-7(3)8;1-5(2)3-4-6/h3H,4-5H2,1-2H3;3,8H,4-5H2,1-2H3;3,5H,4H2,1-2H3;4H,5H2,1-3H3;3,6H,4H2,1-2H3/b3*6-3+;;. The van der Waals surface area contributed by atoms with E-state index in [0.29, 0.717) is 25.1 Å². The Bertz CT molecular complexity index is 933. The van der Waals surface area contributed by atoms with Crippen molar-refractivity contribution >= 4 is 46.1 Å². The van der Waals surface area contributed by atoms with E-state index in [9.17, 15) is 24.0 Å². The zero-order chi connectivity index (χ0) is 36.2. The summed E-state index contributed by atoms with van der Waals surface area (Å²) in [5.41, 5.74) is 4.87. The van der Waals surface area contributed by atoms with Gasteiger partial charge in [-0.3, -0.25) is 24.0 Å². The summed E-state index contributed by atoms with van der Waals surface area (Å²) in [6.07, 6.45) is 9.43. The van der Waals surface area contributed by atoms with Crippen LogP contribution in [0, 0.1) is 0 Å². The highest BCUT2D eigenvalue weighted by atomic mass is 79.9. The molecule has 0 heterocycles. The summed E-state index contributed by atoms with van der Waals surface area (Å²) in [6.45, 7) is 20.1. The first-order valence-electron chi connectivity index (χ1n) is 13.9. The normalized spacial score (nSPS) is 10.1. The van der Waals surface area contributed by atoms with Gasteiger partial charge in [-0.05, 0) is 83.9 Å². The third kappa shape index (κ3) is 69.1. The number of aliphatic hydroxyl groups excluding tert-OH is 2. The maximum absolute atomic E-state index is 10.3. The number of carbonyl (C=O) groups excluding carboxylic acids is 5. The predicted molar refractivity (Wildman–Crippen MR) is 181 cm³/mol. The molecule has 0 aliphatic rings. The van der Waals surface area contributed by atoms with E-state index in [0.717, 1.165) is 22.0 Å². The Balaban J connectivity index is -0.000000150. The number of aliphatic hydroxyl groups is 2. The molecule has 0 saturated carbocycles. The van der Waals surface area contributed by atoms with Crippen LogP contribution >= 0.6 is 15.9 Å². The molecule has 0 saturated heterocycles. The SMILES string of the molecule is CC(=O)OC/C=C(\C)C=O.CC(=O)OC/C=C(\C)CBr.CC(=O)OC/C=C(\C)CO.CC(=O)OCC=C(C)C.CC(C)=CCO. The first-order valence-corrected chi connectivity index (χ1v) is 15.0. The van der Waals surface area contributed by atoms with Gasteiger partial charge < -0.3 is 29.2 Å². The first-order chi connectivity index (χ1) is 20.9. The molecule has 0 aliphatic heterocycles. The number of carbonyl (C=O) groups is 5. The number of halogens is 1. The van der Waals surface area contributed by atoms with Gasteiger partial charge in [0.1, 0.15) is 32.7 Å². The van der Waals surface area contributed by atoms with Gasteiger partial charge in [0, 0.05) is 33.0 Å². The fourth-order valence-corrected chi connectivity index (χ4v) is 1.80. The minimum absolute atomic E-state index is 0.0151. The topological polar surface area (TPSA) is 163 Å². The van der Waals surface area contributed by atoms with Crippen LogP contribution in [0.3, 0.4) is 0 Å². The van der Waals surface area contributed by atoms with Crippen molar-refractivity contribution < 1.29 is 53.1 Å². The lowest BCUT2D eigenvalue weighted by Crippen LogP contribution is -1.99. The molecule has 0 atom stereocenters. The van der Waals surface area contributed by atoms with Crippen LogP contribution in [0.1, 0.15) is 76.2 Å². The van der Waals surface area contributed by atoms with Gasteiger partial charge in [0.25, 0.3) is 0 Å². The number of rotatable bonds is 12. The molecular formula is C33H55BrO11. The molecular weight excluding hydrogens is 652 g/mol. The monoisotopic (exact) mass is 706 g/mol. The third-order valence-corrected chi connectivity index (χ3v) is 4.94. The summed E-state index contributed by atoms with van der Waals surface area (Å²) in [5.74, 6) is -1.11. The minimum atomic E-state index is -0.338. The van der Waals surface area contributed by atoms with E-state index in [-0.39, 0.29) is 50.3 Å². The lowest BCUT2D eigenvalue weighted by molar-refractivity contribution is -0.140. The number of hydrogen-bond donors (Lipinski definition) is 2. The number of esters is 4. The third-order valence-electron chi connectivity index (χ3n) is 4.05. The quantitative estimate of drug-likeness (QED) is 0.0655. The number of hydrogen-bond acceptors (Lipinski definition) is 11. The Morgan fingerprint density at radius 2 is 0.867 bits per heavy atom. The highest BCUT2D eigenvalue weighted by Gasteiger charge is 1.90. The number of alkyl halides is 1. The molecule has 0 aromatic carbocycles. The molecule has 0 spiro atoms. The Hall–Kier alpha value is -3.35. The van der Waals surface area contributed by atoms with Crippen LogP contribution in [0.2, 0.25) is 0 Å². The second-order valence-corrected chi connectivity index (χ2v) is 9.98. The van der Waals surface area contributed by atoms with Crippen molar-refractivity contribution in [3.63, 3.8) is 0 Å². The smallest absolute Gasteiger partial charge is 0.302 e. The van der Waals surface area contributed by atoms with Crippen molar-refractivity contribution in [2.45, 2.75) is 76.2 Å². The molecule has 12 heteroatoms. The number of ether oxygens (including phenoxy) is 4. The Kier molecular flexibility index (Phi) is 44.0. The van der Waals surface area contributed by atoms with E-state index in [1.165, 1.54) is 33.3 Å². The molecule has 0 amide bonds. The van der Waals surface area contributed by atoms with Crippen molar-refractivity contribution in [1.29, 1.82) is 0 Å². The largest absolute Gasteiger partial charge is 0.462 e. The van der Waals surface area contributed by atoms with Crippen LogP contribution < -0.4 is 0 Å². The Morgan fingerprint density at radius 1 is 0.533 bits per heavy atom. The van der Waals surface area contributed by atoms with Crippen molar-refractivity contribution in [3.05, 3.63) is 58.2 Å². The fourth-order valence-electron chi connectivity index (χ4n) is 1.57. The van der Waals surface area contributed by atoms with Gasteiger partial charge in [0.15, 0.2) is 0 Å². The van der Waals surface area contributed by atoms with E-state index in [2.05, 4.69) is 34.9 Å². The van der Waals surface area contributed by atoms with Crippen LogP contribution in [0.4, 0.5) is 0 Å². The van der Waals surface area contributed by atoms with E-state index >= 15 is 0 Å². The second-order valence-electron chi connectivity index (χ2n) is 9.41. The van der Waals surface area contributed by atoms with Gasteiger partial charge in [-0.1, -0.05) is 38.7 Å². The lowest BCUT2D eigenvalue weighted by Gasteiger charge is -1.96. The van der Waals surface area contributed by atoms with Gasteiger partial charge in [0.05, 0.1) is 13.2 Å². The van der Waals surface area contributed by atoms with E-state index < -0.39 is 0 Å². The maximum Gasteiger partial charge on any atom is 0.302 e. The molecule has 260 valence electrons. The van der Waals surface area contributed by atoms with Crippen molar-refractivity contribution in [3.8, 4) is 0 Å². The molecule has 0 radical (unpaired) electrons. The molecule has 0 aromatic rings. The van der Waals surface area contributed by atoms with Gasteiger partial charge >= 0.3 is 23.9 Å². The highest BCUT2D eigenvalue weighted by molar-refractivity contribution is 9.09. The molecule has 0 unspecified atom stereocenters. The van der Waals surface area contributed by atoms with Crippen LogP contribution in [-0.4, -0.2) is 85.3 Å². The molecule has 0 aromatic heterocycles. The average molecular weight is 708 g/mol. The molecule has 0 rings (SSSR count). The summed E-state index contributed by atoms with van der Waals surface area (Å²) in [7, 11) is 0. The molecule has 0 fully saturated rings. The van der Waals surface area contributed by atoms with Gasteiger partial charge in [-0.2, -0.15) is 0 Å². The van der Waals surface area contributed by atoms with Crippen molar-refractivity contribution in [2.75, 3.05) is 45.0 Å². The summed E-state index contributed by atoms with van der Waals surface area (Å²) in [6, 6.07) is 0. The fraction of sp³-hybridized carbons (Fsp3) is 0.545. The minimum Gasteiger partial charge on any atom is -0.462 e. The molecule has 0 bridgehead atoms. The number of aldehydes is 1. The summed E-state index contributed by atoms with van der Waals surface area (Å²) in [4.78, 5) is 50.8. The van der Waals surface area contributed by atoms with Crippen LogP contribution in [-0.2, 0) is 42.9 Å². The first kappa shape index (κ1) is 51.2. The molecule has 45 heavy (non-hydrogen) atoms. The molecule has 11 nitrogen and oxygen atoms in total. The van der Waals surface area contributed by atoms with Gasteiger partial charge in [0.2, 0.25) is 0 Å². The maximum atomic E-state index is 10.3. The van der Waals surface area contributed by atoms with Gasteiger partial charge in [-0.25, -0.2) is 0 Å². The summed E-state index contributed by atoms with van der Waals surface area (Å²) in [5, 5.41) is 17.5. The summed E-state index contributed by atoms with van der Waals surface area (Å²) < 4.78 is 18.4. The number of allylic oxidation sites excluding steroid dienone is 4. The highest BCUT2D eigenvalue weighted by Crippen LogP contribution is 1.96. The Labute approximate surface area is 278 Å². The van der Waals surface area contributed by atoms with E-state index in [1.54, 1.807) is 32.1 Å². The molecule has 2 N–H and O–H groups in total. The predicted octanol–water partition coefficient (Wildman–Crippen LogP) is 5.53.